The summed E-state index contributed by atoms with van der Waals surface area (Å²) in [5, 5.41) is 0. The normalized spacial score (nSPS) is 11.1. The zero-order valence-electron chi connectivity index (χ0n) is 9.44. The van der Waals surface area contributed by atoms with Crippen LogP contribution in [0.4, 0.5) is 5.95 Å². The second-order valence-corrected chi connectivity index (χ2v) is 6.58. The molecule has 1 aromatic carbocycles. The Hall–Kier alpha value is -0.920. The predicted octanol–water partition coefficient (Wildman–Crippen LogP) is 4.29. The monoisotopic (exact) mass is 444 g/mol. The smallest absolute Gasteiger partial charge is 0.207 e. The minimum absolute atomic E-state index is 0.402. The fraction of sp³-hybridized carbons (Fsp3) is 0. The Balaban J connectivity index is 2.36. The van der Waals surface area contributed by atoms with Gasteiger partial charge in [0.25, 0.3) is 0 Å². The van der Waals surface area contributed by atoms with Crippen molar-refractivity contribution in [2.24, 2.45) is 0 Å². The van der Waals surface area contributed by atoms with Crippen molar-refractivity contribution in [3.05, 3.63) is 43.9 Å². The summed E-state index contributed by atoms with van der Waals surface area (Å²) in [6, 6.07) is 7.75. The molecule has 3 aromatic rings. The fourth-order valence-corrected chi connectivity index (χ4v) is 2.94. The molecule has 0 fully saturated rings. The van der Waals surface area contributed by atoms with Crippen LogP contribution in [0.5, 0.6) is 0 Å². The van der Waals surface area contributed by atoms with E-state index in [-0.39, 0.29) is 0 Å². The van der Waals surface area contributed by atoms with Gasteiger partial charge in [0, 0.05) is 19.6 Å². The molecule has 0 aliphatic rings. The third-order valence-corrected chi connectivity index (χ3v) is 4.24. The number of rotatable bonds is 1. The van der Waals surface area contributed by atoms with Crippen LogP contribution in [0.15, 0.2) is 43.9 Å². The standard InChI is InChI=1S/C12H7Br3N4/c13-6-1-2-8(15)10(4-6)19-11-9(18-12(19)16)3-7(14)5-17-11/h1-5H,(H2,16,18). The van der Waals surface area contributed by atoms with E-state index in [0.29, 0.717) is 5.95 Å². The van der Waals surface area contributed by atoms with Gasteiger partial charge in [-0.25, -0.2) is 9.97 Å². The van der Waals surface area contributed by atoms with Gasteiger partial charge in [0.1, 0.15) is 5.52 Å². The van der Waals surface area contributed by atoms with Crippen LogP contribution in [0.25, 0.3) is 16.9 Å². The first-order valence-corrected chi connectivity index (χ1v) is 7.69. The van der Waals surface area contributed by atoms with Crippen molar-refractivity contribution in [1.29, 1.82) is 0 Å². The number of halogens is 3. The zero-order chi connectivity index (χ0) is 13.6. The van der Waals surface area contributed by atoms with Crippen LogP contribution >= 0.6 is 47.8 Å². The highest BCUT2D eigenvalue weighted by molar-refractivity contribution is 9.11. The summed E-state index contributed by atoms with van der Waals surface area (Å²) in [6.07, 6.45) is 1.73. The molecule has 0 unspecified atom stereocenters. The number of pyridine rings is 1. The third-order valence-electron chi connectivity index (χ3n) is 2.64. The van der Waals surface area contributed by atoms with E-state index < -0.39 is 0 Å². The maximum absolute atomic E-state index is 6.01. The Kier molecular flexibility index (Phi) is 3.36. The molecule has 0 radical (unpaired) electrons. The van der Waals surface area contributed by atoms with E-state index in [1.807, 2.05) is 28.8 Å². The van der Waals surface area contributed by atoms with Gasteiger partial charge < -0.3 is 5.73 Å². The molecule has 4 nitrogen and oxygen atoms in total. The van der Waals surface area contributed by atoms with Crippen molar-refractivity contribution in [3.8, 4) is 5.69 Å². The van der Waals surface area contributed by atoms with Crippen molar-refractivity contribution in [1.82, 2.24) is 14.5 Å². The van der Waals surface area contributed by atoms with Gasteiger partial charge in [-0.15, -0.1) is 0 Å². The number of benzene rings is 1. The molecule has 0 aliphatic heterocycles. The number of nitrogens with zero attached hydrogens (tertiary/aromatic N) is 3. The van der Waals surface area contributed by atoms with E-state index in [4.69, 9.17) is 5.73 Å². The minimum atomic E-state index is 0.402. The predicted molar refractivity (Wildman–Crippen MR) is 86.4 cm³/mol. The van der Waals surface area contributed by atoms with E-state index in [1.165, 1.54) is 0 Å². The lowest BCUT2D eigenvalue weighted by atomic mass is 10.3. The van der Waals surface area contributed by atoms with Crippen LogP contribution in [-0.4, -0.2) is 14.5 Å². The van der Waals surface area contributed by atoms with E-state index >= 15 is 0 Å². The van der Waals surface area contributed by atoms with Crippen LogP contribution < -0.4 is 5.73 Å². The molecule has 19 heavy (non-hydrogen) atoms. The lowest BCUT2D eigenvalue weighted by Gasteiger charge is -2.08. The van der Waals surface area contributed by atoms with E-state index in [1.54, 1.807) is 6.20 Å². The number of anilines is 1. The number of aromatic nitrogens is 3. The third kappa shape index (κ3) is 2.30. The quantitative estimate of drug-likeness (QED) is 0.606. The summed E-state index contributed by atoms with van der Waals surface area (Å²) in [7, 11) is 0. The number of hydrogen-bond acceptors (Lipinski definition) is 3. The molecule has 2 N–H and O–H groups in total. The van der Waals surface area contributed by atoms with Crippen LogP contribution in [0.1, 0.15) is 0 Å². The lowest BCUT2D eigenvalue weighted by molar-refractivity contribution is 1.07. The molecular weight excluding hydrogens is 440 g/mol. The Morgan fingerprint density at radius 3 is 2.63 bits per heavy atom. The largest absolute Gasteiger partial charge is 0.369 e. The van der Waals surface area contributed by atoms with Crippen LogP contribution in [0.2, 0.25) is 0 Å². The van der Waals surface area contributed by atoms with Gasteiger partial charge in [0.2, 0.25) is 5.95 Å². The molecule has 0 atom stereocenters. The number of imidazole rings is 1. The van der Waals surface area contributed by atoms with Gasteiger partial charge in [-0.1, -0.05) is 15.9 Å². The van der Waals surface area contributed by atoms with Crippen molar-refractivity contribution in [2.75, 3.05) is 5.73 Å². The maximum atomic E-state index is 6.01. The van der Waals surface area contributed by atoms with Crippen molar-refractivity contribution >= 4 is 64.9 Å². The van der Waals surface area contributed by atoms with Crippen LogP contribution in [-0.2, 0) is 0 Å². The number of nitrogen functional groups attached to an aromatic ring is 1. The summed E-state index contributed by atoms with van der Waals surface area (Å²) in [5.41, 5.74) is 8.38. The number of hydrogen-bond donors (Lipinski definition) is 1. The Morgan fingerprint density at radius 2 is 1.84 bits per heavy atom. The fourth-order valence-electron chi connectivity index (χ4n) is 1.85. The topological polar surface area (TPSA) is 56.7 Å². The zero-order valence-corrected chi connectivity index (χ0v) is 14.2. The Bertz CT molecular complexity index is 782. The summed E-state index contributed by atoms with van der Waals surface area (Å²) in [5.74, 6) is 0.402. The molecule has 7 heteroatoms. The Morgan fingerprint density at radius 1 is 1.05 bits per heavy atom. The summed E-state index contributed by atoms with van der Waals surface area (Å²) >= 11 is 10.4. The highest BCUT2D eigenvalue weighted by Crippen LogP contribution is 2.30. The maximum Gasteiger partial charge on any atom is 0.207 e. The molecule has 0 saturated carbocycles. The molecule has 0 saturated heterocycles. The van der Waals surface area contributed by atoms with E-state index in [0.717, 1.165) is 30.3 Å². The summed E-state index contributed by atoms with van der Waals surface area (Å²) in [4.78, 5) is 8.72. The highest BCUT2D eigenvalue weighted by atomic mass is 79.9. The number of nitrogens with two attached hydrogens (primary N) is 1. The second kappa shape index (κ2) is 4.88. The van der Waals surface area contributed by atoms with Crippen molar-refractivity contribution < 1.29 is 0 Å². The van der Waals surface area contributed by atoms with Gasteiger partial charge in [-0.3, -0.25) is 4.57 Å². The first-order chi connectivity index (χ1) is 9.06. The molecule has 96 valence electrons. The molecular formula is C12H7Br3N4. The van der Waals surface area contributed by atoms with Crippen molar-refractivity contribution in [3.63, 3.8) is 0 Å². The molecule has 2 heterocycles. The number of fused-ring (bicyclic) bond motifs is 1. The molecule has 0 spiro atoms. The molecule has 0 amide bonds. The van der Waals surface area contributed by atoms with Crippen LogP contribution in [0, 0.1) is 0 Å². The van der Waals surface area contributed by atoms with Gasteiger partial charge in [0.15, 0.2) is 5.65 Å². The molecule has 2 aromatic heterocycles. The Labute approximate surface area is 134 Å². The van der Waals surface area contributed by atoms with Gasteiger partial charge in [0.05, 0.1) is 5.69 Å². The lowest BCUT2D eigenvalue weighted by Crippen LogP contribution is -2.02. The van der Waals surface area contributed by atoms with Gasteiger partial charge in [-0.2, -0.15) is 0 Å². The van der Waals surface area contributed by atoms with Gasteiger partial charge >= 0.3 is 0 Å². The SMILES string of the molecule is Nc1nc2cc(Br)cnc2n1-c1cc(Br)ccc1Br. The second-order valence-electron chi connectivity index (χ2n) is 3.90. The van der Waals surface area contributed by atoms with Crippen LogP contribution in [0.3, 0.4) is 0 Å². The van der Waals surface area contributed by atoms with E-state index in [9.17, 15) is 0 Å². The first kappa shape index (κ1) is 13.1. The first-order valence-electron chi connectivity index (χ1n) is 5.31. The van der Waals surface area contributed by atoms with Gasteiger partial charge in [-0.05, 0) is 56.1 Å². The molecule has 3 rings (SSSR count). The minimum Gasteiger partial charge on any atom is -0.369 e. The van der Waals surface area contributed by atoms with E-state index in [2.05, 4.69) is 57.8 Å². The summed E-state index contributed by atoms with van der Waals surface area (Å²) < 4.78 is 4.57. The van der Waals surface area contributed by atoms with Crippen molar-refractivity contribution in [2.45, 2.75) is 0 Å². The highest BCUT2D eigenvalue weighted by Gasteiger charge is 2.14. The average molecular weight is 447 g/mol. The average Bonchev–Trinajstić information content (AvgIpc) is 2.67. The molecule has 0 bridgehead atoms. The summed E-state index contributed by atoms with van der Waals surface area (Å²) in [6.45, 7) is 0. The molecule has 0 aliphatic carbocycles.